The third-order valence-corrected chi connectivity index (χ3v) is 4.01. The number of hydrogen-bond donors (Lipinski definition) is 0. The maximum absolute atomic E-state index is 5.94. The van der Waals surface area contributed by atoms with Gasteiger partial charge in [0.2, 0.25) is 0 Å². The van der Waals surface area contributed by atoms with E-state index in [1.165, 1.54) is 0 Å². The maximum atomic E-state index is 5.94. The van der Waals surface area contributed by atoms with Crippen molar-refractivity contribution in [2.45, 2.75) is 64.1 Å². The van der Waals surface area contributed by atoms with E-state index in [9.17, 15) is 0 Å². The smallest absolute Gasteiger partial charge is 0.148 e. The molecule has 6 nitrogen and oxygen atoms in total. The van der Waals surface area contributed by atoms with E-state index in [-0.39, 0.29) is 37.5 Å². The summed E-state index contributed by atoms with van der Waals surface area (Å²) in [7, 11) is 1.61. The highest BCUT2D eigenvalue weighted by Crippen LogP contribution is 2.36. The van der Waals surface area contributed by atoms with E-state index in [0.717, 1.165) is 5.57 Å². The number of methoxy groups -OCH3 is 1. The van der Waals surface area contributed by atoms with Crippen LogP contribution in [0.5, 0.6) is 0 Å². The minimum Gasteiger partial charge on any atom is -0.368 e. The summed E-state index contributed by atoms with van der Waals surface area (Å²) in [5.41, 5.74) is 0.376. The van der Waals surface area contributed by atoms with Gasteiger partial charge in [-0.1, -0.05) is 6.08 Å². The van der Waals surface area contributed by atoms with Crippen molar-refractivity contribution in [1.82, 2.24) is 0 Å². The third kappa shape index (κ3) is 4.98. The van der Waals surface area contributed by atoms with Crippen LogP contribution in [-0.2, 0) is 28.4 Å². The van der Waals surface area contributed by atoms with Gasteiger partial charge in [0.05, 0.1) is 24.4 Å². The Morgan fingerprint density at radius 3 is 2.48 bits per heavy atom. The number of fused-ring (bicyclic) bond motifs is 1. The van der Waals surface area contributed by atoms with Gasteiger partial charge in [0, 0.05) is 7.11 Å². The summed E-state index contributed by atoms with van der Waals surface area (Å²) in [6.07, 6.45) is 1.61. The van der Waals surface area contributed by atoms with Crippen LogP contribution in [-0.4, -0.2) is 63.4 Å². The molecule has 1 fully saturated rings. The van der Waals surface area contributed by atoms with E-state index in [0.29, 0.717) is 13.2 Å². The van der Waals surface area contributed by atoms with Crippen LogP contribution in [0.25, 0.3) is 0 Å². The highest BCUT2D eigenvalue weighted by atomic mass is 16.7. The minimum atomic E-state index is -0.473. The first-order valence-electron chi connectivity index (χ1n) is 8.07. The minimum absolute atomic E-state index is 0.135. The molecule has 2 aliphatic heterocycles. The highest BCUT2D eigenvalue weighted by Gasteiger charge is 2.47. The van der Waals surface area contributed by atoms with Crippen LogP contribution >= 0.6 is 0 Å². The van der Waals surface area contributed by atoms with Crippen molar-refractivity contribution in [3.8, 4) is 0 Å². The zero-order valence-corrected chi connectivity index (χ0v) is 15.1. The van der Waals surface area contributed by atoms with Gasteiger partial charge in [-0.3, -0.25) is 0 Å². The van der Waals surface area contributed by atoms with E-state index in [2.05, 4.69) is 0 Å². The second-order valence-corrected chi connectivity index (χ2v) is 7.35. The summed E-state index contributed by atoms with van der Waals surface area (Å²) in [4.78, 5) is 0. The Balaban J connectivity index is 1.95. The number of ether oxygens (including phenoxy) is 6. The second-order valence-electron chi connectivity index (χ2n) is 7.35. The van der Waals surface area contributed by atoms with E-state index in [4.69, 9.17) is 28.4 Å². The van der Waals surface area contributed by atoms with Crippen LogP contribution < -0.4 is 0 Å². The SMILES string of the molecule is COCOC(C)(C)C1=CCO[C@@H]2[C@@H](OCOC(C)(C)C)CO[C@H]12. The van der Waals surface area contributed by atoms with Gasteiger partial charge < -0.3 is 28.4 Å². The molecule has 2 rings (SSSR count). The van der Waals surface area contributed by atoms with Gasteiger partial charge in [0.1, 0.15) is 31.9 Å². The lowest BCUT2D eigenvalue weighted by Gasteiger charge is -2.37. The van der Waals surface area contributed by atoms with Crippen LogP contribution in [0, 0.1) is 0 Å². The van der Waals surface area contributed by atoms with Crippen LogP contribution in [0.1, 0.15) is 34.6 Å². The molecule has 0 saturated carbocycles. The topological polar surface area (TPSA) is 55.4 Å². The summed E-state index contributed by atoms with van der Waals surface area (Å²) >= 11 is 0. The lowest BCUT2D eigenvalue weighted by atomic mass is 9.88. The molecule has 1 saturated heterocycles. The molecule has 0 aromatic carbocycles. The summed E-state index contributed by atoms with van der Waals surface area (Å²) in [5, 5.41) is 0. The molecule has 134 valence electrons. The largest absolute Gasteiger partial charge is 0.368 e. The standard InChI is InChI=1S/C17H30O6/c1-16(2,3)22-11-21-13-9-20-14-12(7-8-19-15(13)14)17(4,5)23-10-18-6/h7,13-15H,8-11H2,1-6H3/t13-,14+,15+/m0/s1. The molecule has 3 atom stereocenters. The Morgan fingerprint density at radius 2 is 1.83 bits per heavy atom. The van der Waals surface area contributed by atoms with Crippen molar-refractivity contribution >= 4 is 0 Å². The molecule has 0 aromatic heterocycles. The predicted molar refractivity (Wildman–Crippen MR) is 85.2 cm³/mol. The second kappa shape index (κ2) is 7.59. The zero-order valence-electron chi connectivity index (χ0n) is 15.1. The lowest BCUT2D eigenvalue weighted by Crippen LogP contribution is -2.45. The van der Waals surface area contributed by atoms with Crippen molar-refractivity contribution in [2.24, 2.45) is 0 Å². The van der Waals surface area contributed by atoms with Crippen LogP contribution in [0.15, 0.2) is 11.6 Å². The Hall–Kier alpha value is -0.500. The molecule has 0 radical (unpaired) electrons. The molecule has 0 aromatic rings. The van der Waals surface area contributed by atoms with Crippen molar-refractivity contribution < 1.29 is 28.4 Å². The van der Waals surface area contributed by atoms with Gasteiger partial charge >= 0.3 is 0 Å². The monoisotopic (exact) mass is 330 g/mol. The molecule has 0 aliphatic carbocycles. The van der Waals surface area contributed by atoms with E-state index >= 15 is 0 Å². The predicted octanol–water partition coefficient (Wildman–Crippen LogP) is 2.27. The van der Waals surface area contributed by atoms with Crippen molar-refractivity contribution in [3.63, 3.8) is 0 Å². The summed E-state index contributed by atoms with van der Waals surface area (Å²) in [6.45, 7) is 11.5. The van der Waals surface area contributed by atoms with E-state index < -0.39 is 5.60 Å². The fourth-order valence-electron chi connectivity index (χ4n) is 2.73. The molecule has 2 heterocycles. The summed E-state index contributed by atoms with van der Waals surface area (Å²) < 4.78 is 34.1. The van der Waals surface area contributed by atoms with Gasteiger partial charge in [-0.25, -0.2) is 0 Å². The summed E-state index contributed by atoms with van der Waals surface area (Å²) in [6, 6.07) is 0. The summed E-state index contributed by atoms with van der Waals surface area (Å²) in [5.74, 6) is 0. The van der Waals surface area contributed by atoms with Gasteiger partial charge in [0.15, 0.2) is 0 Å². The molecule has 2 aliphatic rings. The molecule has 0 bridgehead atoms. The van der Waals surface area contributed by atoms with Crippen molar-refractivity contribution in [3.05, 3.63) is 11.6 Å². The quantitative estimate of drug-likeness (QED) is 0.527. The number of rotatable bonds is 7. The molecule has 0 unspecified atom stereocenters. The fourth-order valence-corrected chi connectivity index (χ4v) is 2.73. The van der Waals surface area contributed by atoms with Gasteiger partial charge in [0.25, 0.3) is 0 Å². The Kier molecular flexibility index (Phi) is 6.22. The third-order valence-electron chi connectivity index (χ3n) is 4.01. The van der Waals surface area contributed by atoms with Gasteiger partial charge in [-0.05, 0) is 40.2 Å². The normalized spacial score (nSPS) is 28.6. The first-order valence-corrected chi connectivity index (χ1v) is 8.07. The average Bonchev–Trinajstić information content (AvgIpc) is 2.87. The van der Waals surface area contributed by atoms with Gasteiger partial charge in [-0.15, -0.1) is 0 Å². The lowest BCUT2D eigenvalue weighted by molar-refractivity contribution is -0.163. The molecular formula is C17H30O6. The molecule has 0 N–H and O–H groups in total. The first kappa shape index (κ1) is 18.8. The first-order chi connectivity index (χ1) is 10.7. The maximum Gasteiger partial charge on any atom is 0.148 e. The van der Waals surface area contributed by atoms with Crippen LogP contribution in [0.2, 0.25) is 0 Å². The average molecular weight is 330 g/mol. The van der Waals surface area contributed by atoms with Gasteiger partial charge in [-0.2, -0.15) is 0 Å². The Labute approximate surface area is 139 Å². The molecule has 6 heteroatoms. The van der Waals surface area contributed by atoms with E-state index in [1.54, 1.807) is 7.11 Å². The number of hydrogen-bond acceptors (Lipinski definition) is 6. The highest BCUT2D eigenvalue weighted by molar-refractivity contribution is 5.25. The Morgan fingerprint density at radius 1 is 1.09 bits per heavy atom. The van der Waals surface area contributed by atoms with E-state index in [1.807, 2.05) is 40.7 Å². The molecular weight excluding hydrogens is 300 g/mol. The zero-order chi connectivity index (χ0) is 17.1. The Bertz CT molecular complexity index is 412. The van der Waals surface area contributed by atoms with Crippen molar-refractivity contribution in [1.29, 1.82) is 0 Å². The molecule has 23 heavy (non-hydrogen) atoms. The fraction of sp³-hybridized carbons (Fsp3) is 0.882. The van der Waals surface area contributed by atoms with Crippen molar-refractivity contribution in [2.75, 3.05) is 33.9 Å². The van der Waals surface area contributed by atoms with Crippen LogP contribution in [0.3, 0.4) is 0 Å². The molecule has 0 amide bonds. The van der Waals surface area contributed by atoms with Crippen LogP contribution in [0.4, 0.5) is 0 Å². The molecule has 0 spiro atoms.